The van der Waals surface area contributed by atoms with E-state index >= 15 is 0 Å². The molecular weight excluding hydrogens is 312 g/mol. The van der Waals surface area contributed by atoms with Gasteiger partial charge in [0, 0.05) is 12.2 Å². The van der Waals surface area contributed by atoms with Crippen LogP contribution in [0.15, 0.2) is 48.5 Å². The number of para-hydroxylation sites is 1. The van der Waals surface area contributed by atoms with Crippen molar-refractivity contribution in [2.45, 2.75) is 25.3 Å². The Kier molecular flexibility index (Phi) is 5.64. The van der Waals surface area contributed by atoms with Gasteiger partial charge in [-0.15, -0.1) is 12.4 Å². The number of carbonyl (C=O) groups is 1. The maximum absolute atomic E-state index is 12.7. The minimum Gasteiger partial charge on any atom is -0.508 e. The van der Waals surface area contributed by atoms with E-state index in [4.69, 9.17) is 5.73 Å². The van der Waals surface area contributed by atoms with Crippen molar-refractivity contribution in [3.8, 4) is 5.75 Å². The van der Waals surface area contributed by atoms with Crippen molar-refractivity contribution < 1.29 is 9.90 Å². The first-order chi connectivity index (χ1) is 10.6. The summed E-state index contributed by atoms with van der Waals surface area (Å²) in [5.41, 5.74) is 9.26. The van der Waals surface area contributed by atoms with Gasteiger partial charge >= 0.3 is 0 Å². The number of hydrogen-bond acceptors (Lipinski definition) is 3. The highest BCUT2D eigenvalue weighted by Crippen LogP contribution is 2.27. The maximum atomic E-state index is 12.7. The van der Waals surface area contributed by atoms with Gasteiger partial charge < -0.3 is 15.7 Å². The van der Waals surface area contributed by atoms with E-state index < -0.39 is 6.04 Å². The summed E-state index contributed by atoms with van der Waals surface area (Å²) in [6.45, 7) is 0.721. The molecule has 0 unspecified atom stereocenters. The first-order valence-electron chi connectivity index (χ1n) is 7.58. The maximum Gasteiger partial charge on any atom is 0.244 e. The molecule has 23 heavy (non-hydrogen) atoms. The second-order valence-corrected chi connectivity index (χ2v) is 5.70. The summed E-state index contributed by atoms with van der Waals surface area (Å²) in [5, 5.41) is 9.31. The molecule has 0 bridgehead atoms. The van der Waals surface area contributed by atoms with Gasteiger partial charge in [-0.3, -0.25) is 4.79 Å². The molecule has 1 atom stereocenters. The van der Waals surface area contributed by atoms with Crippen molar-refractivity contribution in [3.05, 3.63) is 59.7 Å². The van der Waals surface area contributed by atoms with Crippen LogP contribution in [0.5, 0.6) is 5.75 Å². The Bertz CT molecular complexity index is 673. The lowest BCUT2D eigenvalue weighted by Crippen LogP contribution is -2.47. The molecule has 1 aliphatic heterocycles. The van der Waals surface area contributed by atoms with Crippen LogP contribution >= 0.6 is 12.4 Å². The van der Waals surface area contributed by atoms with Crippen LogP contribution in [0.2, 0.25) is 0 Å². The predicted octanol–water partition coefficient (Wildman–Crippen LogP) is 2.66. The van der Waals surface area contributed by atoms with Gasteiger partial charge in [0.2, 0.25) is 5.91 Å². The second-order valence-electron chi connectivity index (χ2n) is 5.70. The Morgan fingerprint density at radius 3 is 2.61 bits per heavy atom. The molecule has 0 spiro atoms. The van der Waals surface area contributed by atoms with Gasteiger partial charge in [-0.1, -0.05) is 30.3 Å². The Hall–Kier alpha value is -2.04. The minimum absolute atomic E-state index is 0. The number of anilines is 1. The molecule has 3 N–H and O–H groups in total. The molecular formula is C18H21ClN2O2. The zero-order chi connectivity index (χ0) is 15.5. The highest BCUT2D eigenvalue weighted by Gasteiger charge is 2.26. The Balaban J connectivity index is 0.00000192. The summed E-state index contributed by atoms with van der Waals surface area (Å²) in [5.74, 6) is 0.175. The molecule has 0 aromatic heterocycles. The standard InChI is InChI=1S/C18H20N2O2.ClH/c19-16(12-13-7-9-15(21)10-8-13)18(22)20-11-3-5-14-4-1-2-6-17(14)20;/h1-2,4,6-10,16,21H,3,5,11-12,19H2;1H/t16-;/m0./s1. The van der Waals surface area contributed by atoms with E-state index in [0.717, 1.165) is 30.6 Å². The molecule has 4 nitrogen and oxygen atoms in total. The molecule has 0 saturated heterocycles. The van der Waals surface area contributed by atoms with Crippen molar-refractivity contribution >= 4 is 24.0 Å². The number of rotatable bonds is 3. The van der Waals surface area contributed by atoms with Gasteiger partial charge in [0.05, 0.1) is 6.04 Å². The zero-order valence-corrected chi connectivity index (χ0v) is 13.6. The predicted molar refractivity (Wildman–Crippen MR) is 94.2 cm³/mol. The quantitative estimate of drug-likeness (QED) is 0.908. The number of halogens is 1. The molecule has 3 rings (SSSR count). The first kappa shape index (κ1) is 17.3. The zero-order valence-electron chi connectivity index (χ0n) is 12.8. The van der Waals surface area contributed by atoms with Crippen LogP contribution in [0, 0.1) is 0 Å². The van der Waals surface area contributed by atoms with Crippen LogP contribution in [0.3, 0.4) is 0 Å². The third-order valence-corrected chi connectivity index (χ3v) is 4.09. The lowest BCUT2D eigenvalue weighted by Gasteiger charge is -2.31. The number of phenols is 1. The third kappa shape index (κ3) is 3.84. The highest BCUT2D eigenvalue weighted by atomic mass is 35.5. The van der Waals surface area contributed by atoms with Crippen LogP contribution in [0.25, 0.3) is 0 Å². The van der Waals surface area contributed by atoms with Crippen LogP contribution in [-0.2, 0) is 17.6 Å². The number of hydrogen-bond donors (Lipinski definition) is 2. The largest absolute Gasteiger partial charge is 0.508 e. The number of amides is 1. The molecule has 122 valence electrons. The number of carbonyl (C=O) groups excluding carboxylic acids is 1. The molecule has 2 aromatic carbocycles. The van der Waals surface area contributed by atoms with E-state index in [1.165, 1.54) is 5.56 Å². The number of phenolic OH excluding ortho intramolecular Hbond substituents is 1. The van der Waals surface area contributed by atoms with Gasteiger partial charge in [0.1, 0.15) is 5.75 Å². The fourth-order valence-corrected chi connectivity index (χ4v) is 2.94. The van der Waals surface area contributed by atoms with Gasteiger partial charge in [0.25, 0.3) is 0 Å². The second kappa shape index (κ2) is 7.49. The Morgan fingerprint density at radius 1 is 1.17 bits per heavy atom. The number of aryl methyl sites for hydroxylation is 1. The fraction of sp³-hybridized carbons (Fsp3) is 0.278. The van der Waals surface area contributed by atoms with Crippen LogP contribution in [0.4, 0.5) is 5.69 Å². The lowest BCUT2D eigenvalue weighted by atomic mass is 9.99. The molecule has 1 aliphatic rings. The van der Waals surface area contributed by atoms with Crippen molar-refractivity contribution in [3.63, 3.8) is 0 Å². The Labute approximate surface area is 142 Å². The molecule has 0 fully saturated rings. The average molecular weight is 333 g/mol. The van der Waals surface area contributed by atoms with E-state index in [1.807, 2.05) is 23.1 Å². The third-order valence-electron chi connectivity index (χ3n) is 4.09. The summed E-state index contributed by atoms with van der Waals surface area (Å²) in [6.07, 6.45) is 2.44. The van der Waals surface area contributed by atoms with Crippen LogP contribution in [0.1, 0.15) is 17.5 Å². The van der Waals surface area contributed by atoms with Gasteiger partial charge in [0.15, 0.2) is 0 Å². The SMILES string of the molecule is Cl.N[C@@H](Cc1ccc(O)cc1)C(=O)N1CCCc2ccccc21. The van der Waals surface area contributed by atoms with Crippen molar-refractivity contribution in [1.29, 1.82) is 0 Å². The minimum atomic E-state index is -0.573. The van der Waals surface area contributed by atoms with E-state index in [2.05, 4.69) is 6.07 Å². The van der Waals surface area contributed by atoms with Gasteiger partial charge in [-0.2, -0.15) is 0 Å². The molecule has 0 saturated carbocycles. The summed E-state index contributed by atoms with van der Waals surface area (Å²) >= 11 is 0. The molecule has 0 radical (unpaired) electrons. The topological polar surface area (TPSA) is 66.6 Å². The van der Waals surface area contributed by atoms with E-state index in [9.17, 15) is 9.90 Å². The summed E-state index contributed by atoms with van der Waals surface area (Å²) in [4.78, 5) is 14.5. The summed E-state index contributed by atoms with van der Waals surface area (Å²) < 4.78 is 0. The highest BCUT2D eigenvalue weighted by molar-refractivity contribution is 5.98. The van der Waals surface area contributed by atoms with Crippen molar-refractivity contribution in [1.82, 2.24) is 0 Å². The first-order valence-corrected chi connectivity index (χ1v) is 7.58. The Morgan fingerprint density at radius 2 is 1.87 bits per heavy atom. The molecule has 1 amide bonds. The van der Waals surface area contributed by atoms with Gasteiger partial charge in [-0.05, 0) is 48.6 Å². The van der Waals surface area contributed by atoms with Crippen LogP contribution < -0.4 is 10.6 Å². The van der Waals surface area contributed by atoms with Gasteiger partial charge in [-0.25, -0.2) is 0 Å². The summed E-state index contributed by atoms with van der Waals surface area (Å²) in [6, 6.07) is 14.3. The fourth-order valence-electron chi connectivity index (χ4n) is 2.94. The van der Waals surface area contributed by atoms with Crippen molar-refractivity contribution in [2.24, 2.45) is 5.73 Å². The van der Waals surface area contributed by atoms with E-state index in [0.29, 0.717) is 6.42 Å². The lowest BCUT2D eigenvalue weighted by molar-refractivity contribution is -0.119. The van der Waals surface area contributed by atoms with E-state index in [1.54, 1.807) is 24.3 Å². The molecule has 0 aliphatic carbocycles. The molecule has 5 heteroatoms. The smallest absolute Gasteiger partial charge is 0.244 e. The number of nitrogens with two attached hydrogens (primary N) is 1. The summed E-state index contributed by atoms with van der Waals surface area (Å²) in [7, 11) is 0. The normalized spacial score (nSPS) is 14.6. The number of benzene rings is 2. The monoisotopic (exact) mass is 332 g/mol. The number of aromatic hydroxyl groups is 1. The van der Waals surface area contributed by atoms with Crippen LogP contribution in [-0.4, -0.2) is 23.6 Å². The number of nitrogens with zero attached hydrogens (tertiary/aromatic N) is 1. The molecule has 2 aromatic rings. The average Bonchev–Trinajstić information content (AvgIpc) is 2.55. The molecule has 1 heterocycles. The van der Waals surface area contributed by atoms with Crippen molar-refractivity contribution in [2.75, 3.05) is 11.4 Å². The van der Waals surface area contributed by atoms with E-state index in [-0.39, 0.29) is 24.1 Å². The number of fused-ring (bicyclic) bond motifs is 1.